The van der Waals surface area contributed by atoms with Gasteiger partial charge in [0.05, 0.1) is 24.8 Å². The van der Waals surface area contributed by atoms with Gasteiger partial charge >= 0.3 is 0 Å². The van der Waals surface area contributed by atoms with Crippen molar-refractivity contribution in [2.75, 3.05) is 12.0 Å². The quantitative estimate of drug-likeness (QED) is 0.282. The summed E-state index contributed by atoms with van der Waals surface area (Å²) < 4.78 is 11.0. The number of ether oxygens (including phenoxy) is 2. The SMILES string of the molecule is COc1ccc(C2/C(=C(\O)c3cccc(OC(C)C)c3)C(=O)C(=O)N2c2ccc(C)cc2C)cc1. The van der Waals surface area contributed by atoms with Gasteiger partial charge in [-0.05, 0) is 69.2 Å². The Kier molecular flexibility index (Phi) is 6.65. The molecular weight excluding hydrogens is 442 g/mol. The molecule has 0 saturated carbocycles. The molecule has 4 rings (SSSR count). The standard InChI is InChI=1S/C29H29NO5/c1-17(2)35-23-8-6-7-21(16-23)27(31)25-26(20-10-12-22(34-5)13-11-20)30(29(33)28(25)32)24-14-9-18(3)15-19(24)4/h6-17,26,31H,1-5H3/b27-25+. The summed E-state index contributed by atoms with van der Waals surface area (Å²) in [4.78, 5) is 28.2. The van der Waals surface area contributed by atoms with Gasteiger partial charge in [-0.25, -0.2) is 0 Å². The number of amides is 1. The van der Waals surface area contributed by atoms with E-state index in [1.54, 1.807) is 55.6 Å². The highest BCUT2D eigenvalue weighted by Crippen LogP contribution is 2.43. The average molecular weight is 472 g/mol. The van der Waals surface area contributed by atoms with E-state index in [1.807, 2.05) is 45.9 Å². The number of aliphatic hydroxyl groups is 1. The van der Waals surface area contributed by atoms with Crippen LogP contribution in [0.3, 0.4) is 0 Å². The maximum atomic E-state index is 13.4. The van der Waals surface area contributed by atoms with E-state index in [2.05, 4.69) is 0 Å². The zero-order valence-electron chi connectivity index (χ0n) is 20.5. The molecule has 1 saturated heterocycles. The van der Waals surface area contributed by atoms with Crippen molar-refractivity contribution < 1.29 is 24.2 Å². The van der Waals surface area contributed by atoms with Crippen molar-refractivity contribution in [3.05, 3.63) is 94.6 Å². The molecule has 0 aromatic heterocycles. The number of aliphatic hydroxyl groups excluding tert-OH is 1. The van der Waals surface area contributed by atoms with Crippen molar-refractivity contribution in [1.29, 1.82) is 0 Å². The second kappa shape index (κ2) is 9.66. The normalized spacial score (nSPS) is 17.2. The average Bonchev–Trinajstić information content (AvgIpc) is 3.09. The second-order valence-corrected chi connectivity index (χ2v) is 8.93. The number of methoxy groups -OCH3 is 1. The van der Waals surface area contributed by atoms with E-state index in [4.69, 9.17) is 9.47 Å². The van der Waals surface area contributed by atoms with Gasteiger partial charge in [-0.1, -0.05) is 42.0 Å². The monoisotopic (exact) mass is 471 g/mol. The number of carbonyl (C=O) groups is 2. The lowest BCUT2D eigenvalue weighted by molar-refractivity contribution is -0.132. The van der Waals surface area contributed by atoms with E-state index in [0.29, 0.717) is 28.3 Å². The minimum absolute atomic E-state index is 0.0295. The second-order valence-electron chi connectivity index (χ2n) is 8.93. The number of hydrogen-bond acceptors (Lipinski definition) is 5. The van der Waals surface area contributed by atoms with Crippen molar-refractivity contribution in [2.24, 2.45) is 0 Å². The molecule has 0 bridgehead atoms. The molecule has 1 aliphatic rings. The van der Waals surface area contributed by atoms with Crippen LogP contribution in [0.1, 0.15) is 42.1 Å². The molecule has 0 spiro atoms. The number of rotatable bonds is 6. The molecule has 0 radical (unpaired) electrons. The Morgan fingerprint density at radius 3 is 2.29 bits per heavy atom. The molecule has 0 aliphatic carbocycles. The highest BCUT2D eigenvalue weighted by atomic mass is 16.5. The zero-order chi connectivity index (χ0) is 25.3. The van der Waals surface area contributed by atoms with Crippen molar-refractivity contribution in [3.8, 4) is 11.5 Å². The van der Waals surface area contributed by atoms with Crippen LogP contribution in [0.25, 0.3) is 5.76 Å². The van der Waals surface area contributed by atoms with Crippen molar-refractivity contribution in [2.45, 2.75) is 39.8 Å². The first kappa shape index (κ1) is 24.1. The number of carbonyl (C=O) groups excluding carboxylic acids is 2. The lowest BCUT2D eigenvalue weighted by Crippen LogP contribution is -2.30. The van der Waals surface area contributed by atoms with Crippen LogP contribution in [0, 0.1) is 13.8 Å². The summed E-state index contributed by atoms with van der Waals surface area (Å²) in [5, 5.41) is 11.4. The van der Waals surface area contributed by atoms with Gasteiger partial charge in [0.2, 0.25) is 0 Å². The molecular formula is C29H29NO5. The van der Waals surface area contributed by atoms with Gasteiger partial charge in [0, 0.05) is 11.3 Å². The largest absolute Gasteiger partial charge is 0.507 e. The maximum Gasteiger partial charge on any atom is 0.300 e. The van der Waals surface area contributed by atoms with Crippen LogP contribution in [0.5, 0.6) is 11.5 Å². The van der Waals surface area contributed by atoms with Crippen LogP contribution in [0.4, 0.5) is 5.69 Å². The first-order valence-electron chi connectivity index (χ1n) is 11.5. The maximum absolute atomic E-state index is 13.4. The predicted molar refractivity (Wildman–Crippen MR) is 136 cm³/mol. The minimum atomic E-state index is -0.808. The van der Waals surface area contributed by atoms with Crippen LogP contribution < -0.4 is 14.4 Å². The number of Topliss-reactive ketones (excluding diaryl/α,β-unsaturated/α-hetero) is 1. The van der Waals surface area contributed by atoms with E-state index in [0.717, 1.165) is 11.1 Å². The molecule has 35 heavy (non-hydrogen) atoms. The van der Waals surface area contributed by atoms with Gasteiger partial charge in [-0.2, -0.15) is 0 Å². The summed E-state index contributed by atoms with van der Waals surface area (Å²) in [5.41, 5.74) is 3.64. The fourth-order valence-corrected chi connectivity index (χ4v) is 4.40. The molecule has 1 aliphatic heterocycles. The van der Waals surface area contributed by atoms with Gasteiger partial charge in [0.15, 0.2) is 0 Å². The van der Waals surface area contributed by atoms with Gasteiger partial charge in [-0.15, -0.1) is 0 Å². The first-order valence-corrected chi connectivity index (χ1v) is 11.5. The van der Waals surface area contributed by atoms with Gasteiger partial charge < -0.3 is 14.6 Å². The molecule has 6 nitrogen and oxygen atoms in total. The van der Waals surface area contributed by atoms with Gasteiger partial charge in [-0.3, -0.25) is 14.5 Å². The summed E-state index contributed by atoms with van der Waals surface area (Å²) in [7, 11) is 1.57. The molecule has 1 N–H and O–H groups in total. The first-order chi connectivity index (χ1) is 16.7. The number of benzene rings is 3. The van der Waals surface area contributed by atoms with Gasteiger partial charge in [0.25, 0.3) is 11.7 Å². The fraction of sp³-hybridized carbons (Fsp3) is 0.241. The molecule has 1 unspecified atom stereocenters. The molecule has 1 fully saturated rings. The summed E-state index contributed by atoms with van der Waals surface area (Å²) in [5.74, 6) is -0.456. The topological polar surface area (TPSA) is 76.1 Å². The van der Waals surface area contributed by atoms with E-state index in [9.17, 15) is 14.7 Å². The summed E-state index contributed by atoms with van der Waals surface area (Å²) in [6.07, 6.45) is -0.0539. The molecule has 1 atom stereocenters. The highest BCUT2D eigenvalue weighted by molar-refractivity contribution is 6.51. The Balaban J connectivity index is 1.92. The third kappa shape index (κ3) is 4.64. The lowest BCUT2D eigenvalue weighted by Gasteiger charge is -2.27. The summed E-state index contributed by atoms with van der Waals surface area (Å²) >= 11 is 0. The molecule has 1 amide bonds. The van der Waals surface area contributed by atoms with E-state index in [1.165, 1.54) is 4.90 Å². The Bertz CT molecular complexity index is 1310. The van der Waals surface area contributed by atoms with Gasteiger partial charge in [0.1, 0.15) is 17.3 Å². The van der Waals surface area contributed by atoms with Crippen molar-refractivity contribution in [1.82, 2.24) is 0 Å². The number of ketones is 1. The molecule has 180 valence electrons. The summed E-state index contributed by atoms with van der Waals surface area (Å²) in [6, 6.07) is 18.9. The predicted octanol–water partition coefficient (Wildman–Crippen LogP) is 5.73. The molecule has 3 aromatic rings. The molecule has 6 heteroatoms. The van der Waals surface area contributed by atoms with Crippen molar-refractivity contribution in [3.63, 3.8) is 0 Å². The zero-order valence-corrected chi connectivity index (χ0v) is 20.5. The highest BCUT2D eigenvalue weighted by Gasteiger charge is 2.47. The van der Waals surface area contributed by atoms with Crippen molar-refractivity contribution >= 4 is 23.1 Å². The minimum Gasteiger partial charge on any atom is -0.507 e. The van der Waals surface area contributed by atoms with Crippen LogP contribution in [-0.2, 0) is 9.59 Å². The molecule has 1 heterocycles. The summed E-state index contributed by atoms with van der Waals surface area (Å²) in [6.45, 7) is 7.69. The fourth-order valence-electron chi connectivity index (χ4n) is 4.40. The Hall–Kier alpha value is -4.06. The number of aryl methyl sites for hydroxylation is 2. The van der Waals surface area contributed by atoms with E-state index < -0.39 is 17.7 Å². The third-order valence-electron chi connectivity index (χ3n) is 5.97. The number of anilines is 1. The van der Waals surface area contributed by atoms with Crippen LogP contribution >= 0.6 is 0 Å². The number of hydrogen-bond donors (Lipinski definition) is 1. The Morgan fingerprint density at radius 2 is 1.66 bits per heavy atom. The lowest BCUT2D eigenvalue weighted by atomic mass is 9.94. The number of nitrogens with zero attached hydrogens (tertiary/aromatic N) is 1. The van der Waals surface area contributed by atoms with Crippen LogP contribution in [0.2, 0.25) is 0 Å². The third-order valence-corrected chi connectivity index (χ3v) is 5.97. The van der Waals surface area contributed by atoms with E-state index >= 15 is 0 Å². The smallest absolute Gasteiger partial charge is 0.300 e. The molecule has 3 aromatic carbocycles. The van der Waals surface area contributed by atoms with Crippen LogP contribution in [0.15, 0.2) is 72.3 Å². The van der Waals surface area contributed by atoms with E-state index in [-0.39, 0.29) is 17.4 Å². The Morgan fingerprint density at radius 1 is 0.943 bits per heavy atom. The van der Waals surface area contributed by atoms with Crippen LogP contribution in [-0.4, -0.2) is 30.0 Å². The Labute approximate surface area is 205 Å².